The highest BCUT2D eigenvalue weighted by molar-refractivity contribution is 7.99. The highest BCUT2D eigenvalue weighted by atomic mass is 32.2. The van der Waals surface area contributed by atoms with Crippen LogP contribution < -0.4 is 0 Å². The van der Waals surface area contributed by atoms with Crippen molar-refractivity contribution in [2.24, 2.45) is 11.8 Å². The van der Waals surface area contributed by atoms with Gasteiger partial charge in [0.15, 0.2) is 0 Å². The Labute approximate surface area is 157 Å². The lowest BCUT2D eigenvalue weighted by Crippen LogP contribution is -2.28. The fourth-order valence-corrected chi connectivity index (χ4v) is 5.27. The highest BCUT2D eigenvalue weighted by Gasteiger charge is 2.47. The summed E-state index contributed by atoms with van der Waals surface area (Å²) in [5.74, 6) is 2.99. The van der Waals surface area contributed by atoms with Crippen LogP contribution in [0.2, 0.25) is 0 Å². The van der Waals surface area contributed by atoms with Crippen molar-refractivity contribution in [3.63, 3.8) is 0 Å². The summed E-state index contributed by atoms with van der Waals surface area (Å²) in [5.41, 5.74) is 1.51. The number of ether oxygens (including phenoxy) is 1. The smallest absolute Gasteiger partial charge is 0.303 e. The maximum absolute atomic E-state index is 10.5. The van der Waals surface area contributed by atoms with Gasteiger partial charge in [0.05, 0.1) is 12.2 Å². The lowest BCUT2D eigenvalue weighted by atomic mass is 9.78. The van der Waals surface area contributed by atoms with E-state index in [-0.39, 0.29) is 6.42 Å². The fourth-order valence-electron chi connectivity index (χ4n) is 3.98. The van der Waals surface area contributed by atoms with E-state index in [9.17, 15) is 4.79 Å². The van der Waals surface area contributed by atoms with Crippen molar-refractivity contribution in [1.82, 2.24) is 0 Å². The number of unbranched alkanes of at least 4 members (excludes halogenated alkanes) is 2. The van der Waals surface area contributed by atoms with Crippen molar-refractivity contribution in [2.75, 3.05) is 11.5 Å². The summed E-state index contributed by atoms with van der Waals surface area (Å²) in [4.78, 5) is 10.5. The van der Waals surface area contributed by atoms with Crippen LogP contribution in [-0.4, -0.2) is 34.8 Å². The Morgan fingerprint density at radius 3 is 2.68 bits per heavy atom. The van der Waals surface area contributed by atoms with Crippen LogP contribution in [0.4, 0.5) is 0 Å². The summed E-state index contributed by atoms with van der Waals surface area (Å²) in [6.45, 7) is 4.47. The van der Waals surface area contributed by atoms with Gasteiger partial charge in [-0.25, -0.2) is 0 Å². The number of fused-ring (bicyclic) bond motifs is 2. The lowest BCUT2D eigenvalue weighted by molar-refractivity contribution is -0.137. The first-order valence-corrected chi connectivity index (χ1v) is 11.0. The number of carboxylic acid groups (broad SMARTS) is 1. The Hall–Kier alpha value is -0.740. The second-order valence-corrected chi connectivity index (χ2v) is 8.50. The molecule has 2 aliphatic rings. The number of hydrogen-bond donors (Lipinski definition) is 1. The summed E-state index contributed by atoms with van der Waals surface area (Å²) >= 11 is 2.07. The van der Waals surface area contributed by atoms with Crippen LogP contribution in [0.1, 0.15) is 65.2 Å². The predicted octanol–water partition coefficient (Wildman–Crippen LogP) is 5.46. The summed E-state index contributed by atoms with van der Waals surface area (Å²) in [6, 6.07) is 0. The Morgan fingerprint density at radius 1 is 1.20 bits per heavy atom. The summed E-state index contributed by atoms with van der Waals surface area (Å²) in [7, 11) is 0. The molecule has 3 nitrogen and oxygen atoms in total. The first-order chi connectivity index (χ1) is 12.1. The minimum atomic E-state index is -0.699. The summed E-state index contributed by atoms with van der Waals surface area (Å²) < 4.78 is 6.19. The first-order valence-electron chi connectivity index (χ1n) is 9.87. The van der Waals surface area contributed by atoms with E-state index in [0.29, 0.717) is 24.0 Å². The van der Waals surface area contributed by atoms with Crippen LogP contribution in [-0.2, 0) is 9.53 Å². The van der Waals surface area contributed by atoms with E-state index in [2.05, 4.69) is 43.8 Å². The van der Waals surface area contributed by atoms with Crippen LogP contribution in [0, 0.1) is 11.8 Å². The van der Waals surface area contributed by atoms with Crippen molar-refractivity contribution in [3.05, 3.63) is 23.8 Å². The van der Waals surface area contributed by atoms with Crippen LogP contribution in [0.5, 0.6) is 0 Å². The van der Waals surface area contributed by atoms with Gasteiger partial charge in [-0.2, -0.15) is 11.8 Å². The molecule has 0 amide bonds. The minimum absolute atomic E-state index is 0.270. The number of thioether (sulfide) groups is 1. The lowest BCUT2D eigenvalue weighted by Gasteiger charge is -2.27. The number of carboxylic acids is 1. The Morgan fingerprint density at radius 2 is 1.96 bits per heavy atom. The van der Waals surface area contributed by atoms with Gasteiger partial charge in [0.1, 0.15) is 0 Å². The van der Waals surface area contributed by atoms with E-state index >= 15 is 0 Å². The molecule has 4 heteroatoms. The molecule has 0 aliphatic carbocycles. The molecule has 2 rings (SSSR count). The maximum atomic E-state index is 10.5. The zero-order valence-electron chi connectivity index (χ0n) is 15.8. The third-order valence-corrected chi connectivity index (χ3v) is 6.63. The quantitative estimate of drug-likeness (QED) is 0.368. The molecular formula is C21H34O3S. The molecule has 0 radical (unpaired) electrons. The molecule has 0 aromatic carbocycles. The van der Waals surface area contributed by atoms with Crippen LogP contribution in [0.25, 0.3) is 0 Å². The summed E-state index contributed by atoms with van der Waals surface area (Å²) in [5, 5.41) is 8.67. The Kier molecular flexibility index (Phi) is 9.11. The Balaban J connectivity index is 1.73. The molecular weight excluding hydrogens is 332 g/mol. The van der Waals surface area contributed by atoms with Crippen LogP contribution in [0.15, 0.2) is 23.8 Å². The predicted molar refractivity (Wildman–Crippen MR) is 106 cm³/mol. The van der Waals surface area contributed by atoms with E-state index in [0.717, 1.165) is 25.0 Å². The molecule has 25 heavy (non-hydrogen) atoms. The fraction of sp³-hybridized carbons (Fsp3) is 0.762. The SMILES string of the molecule is CCCC=C(C)CSC[C@@H]1[C@H](CC=CCCCC(=O)O)[C@@H]2CC[C@H]1O2. The maximum Gasteiger partial charge on any atom is 0.303 e. The third kappa shape index (κ3) is 6.82. The van der Waals surface area contributed by atoms with Gasteiger partial charge in [-0.15, -0.1) is 0 Å². The molecule has 2 saturated heterocycles. The molecule has 0 saturated carbocycles. The number of allylic oxidation sites excluding steroid dienone is 3. The van der Waals surface area contributed by atoms with Crippen molar-refractivity contribution >= 4 is 17.7 Å². The van der Waals surface area contributed by atoms with Gasteiger partial charge in [0, 0.05) is 12.2 Å². The van der Waals surface area contributed by atoms with Crippen molar-refractivity contribution < 1.29 is 14.6 Å². The highest BCUT2D eigenvalue weighted by Crippen LogP contribution is 2.46. The normalized spacial score (nSPS) is 29.0. The Bertz CT molecular complexity index is 472. The third-order valence-electron chi connectivity index (χ3n) is 5.35. The van der Waals surface area contributed by atoms with E-state index in [4.69, 9.17) is 9.84 Å². The van der Waals surface area contributed by atoms with Gasteiger partial charge in [-0.1, -0.05) is 37.1 Å². The zero-order chi connectivity index (χ0) is 18.1. The second-order valence-electron chi connectivity index (χ2n) is 7.47. The van der Waals surface area contributed by atoms with Crippen LogP contribution >= 0.6 is 11.8 Å². The zero-order valence-corrected chi connectivity index (χ0v) is 16.6. The van der Waals surface area contributed by atoms with Gasteiger partial charge in [-0.05, 0) is 63.0 Å². The molecule has 142 valence electrons. The molecule has 2 bridgehead atoms. The van der Waals surface area contributed by atoms with Gasteiger partial charge in [-0.3, -0.25) is 4.79 Å². The van der Waals surface area contributed by atoms with Gasteiger partial charge < -0.3 is 9.84 Å². The topological polar surface area (TPSA) is 46.5 Å². The molecule has 0 spiro atoms. The van der Waals surface area contributed by atoms with E-state index in [1.54, 1.807) is 0 Å². The average Bonchev–Trinajstić information content (AvgIpc) is 3.18. The first kappa shape index (κ1) is 20.6. The average molecular weight is 367 g/mol. The molecule has 2 fully saturated rings. The molecule has 0 aromatic rings. The van der Waals surface area contributed by atoms with Crippen molar-refractivity contribution in [3.8, 4) is 0 Å². The number of rotatable bonds is 12. The number of aliphatic carboxylic acids is 1. The largest absolute Gasteiger partial charge is 0.481 e. The number of carbonyl (C=O) groups is 1. The molecule has 1 N–H and O–H groups in total. The van der Waals surface area contributed by atoms with Gasteiger partial charge in [0.2, 0.25) is 0 Å². The standard InChI is InChI=1S/C21H34O3S/c1-3-4-9-16(2)14-25-15-18-17(19-12-13-20(18)24-19)10-7-5-6-8-11-21(22)23/h5,7,9,17-20H,3-4,6,8,10-15H2,1-2H3,(H,22,23)/t17-,18+,19-,20+/m0/s1. The van der Waals surface area contributed by atoms with Gasteiger partial charge >= 0.3 is 5.97 Å². The van der Waals surface area contributed by atoms with Gasteiger partial charge in [0.25, 0.3) is 0 Å². The molecule has 4 atom stereocenters. The summed E-state index contributed by atoms with van der Waals surface area (Å²) in [6.07, 6.45) is 15.6. The molecule has 0 unspecified atom stereocenters. The van der Waals surface area contributed by atoms with E-state index in [1.807, 2.05) is 0 Å². The monoisotopic (exact) mass is 366 g/mol. The minimum Gasteiger partial charge on any atom is -0.481 e. The number of hydrogen-bond acceptors (Lipinski definition) is 3. The van der Waals surface area contributed by atoms with E-state index < -0.39 is 5.97 Å². The molecule has 2 heterocycles. The van der Waals surface area contributed by atoms with E-state index in [1.165, 1.54) is 37.0 Å². The molecule has 2 aliphatic heterocycles. The van der Waals surface area contributed by atoms with Crippen LogP contribution in [0.3, 0.4) is 0 Å². The molecule has 0 aromatic heterocycles. The van der Waals surface area contributed by atoms with Crippen molar-refractivity contribution in [2.45, 2.75) is 77.4 Å². The van der Waals surface area contributed by atoms with Crippen molar-refractivity contribution in [1.29, 1.82) is 0 Å². The second kappa shape index (κ2) is 11.1.